The van der Waals surface area contributed by atoms with E-state index in [1.807, 2.05) is 79.4 Å². The van der Waals surface area contributed by atoms with Gasteiger partial charge < -0.3 is 10.2 Å². The van der Waals surface area contributed by atoms with Gasteiger partial charge in [-0.15, -0.1) is 0 Å². The third-order valence-electron chi connectivity index (χ3n) is 5.12. The second-order valence-electron chi connectivity index (χ2n) is 7.54. The molecule has 142 valence electrons. The van der Waals surface area contributed by atoms with Crippen molar-refractivity contribution in [1.29, 1.82) is 0 Å². The molecule has 1 N–H and O–H groups in total. The molecule has 0 aliphatic carbocycles. The Balaban J connectivity index is 1.81. The van der Waals surface area contributed by atoms with Crippen LogP contribution in [0.3, 0.4) is 0 Å². The Hall–Kier alpha value is -2.62. The normalized spacial score (nSPS) is 17.2. The first-order valence-electron chi connectivity index (χ1n) is 9.75. The number of benzene rings is 2. The number of nitrogens with zero attached hydrogens (tertiary/aromatic N) is 1. The fraction of sp³-hybridized carbons (Fsp3) is 0.391. The van der Waals surface area contributed by atoms with E-state index in [9.17, 15) is 9.59 Å². The average Bonchev–Trinajstić information content (AvgIpc) is 2.70. The Morgan fingerprint density at radius 3 is 2.04 bits per heavy atom. The molecule has 4 heteroatoms. The predicted molar refractivity (Wildman–Crippen MR) is 107 cm³/mol. The summed E-state index contributed by atoms with van der Waals surface area (Å²) in [5.74, 6) is -0.197. The van der Waals surface area contributed by atoms with Gasteiger partial charge in [0.25, 0.3) is 0 Å². The lowest BCUT2D eigenvalue weighted by atomic mass is 9.89. The van der Waals surface area contributed by atoms with Gasteiger partial charge in [-0.05, 0) is 24.0 Å². The monoisotopic (exact) mass is 364 g/mol. The Kier molecular flexibility index (Phi) is 6.28. The zero-order valence-electron chi connectivity index (χ0n) is 16.1. The van der Waals surface area contributed by atoms with Crippen molar-refractivity contribution in [1.82, 2.24) is 10.2 Å². The van der Waals surface area contributed by atoms with E-state index in [0.29, 0.717) is 6.54 Å². The van der Waals surface area contributed by atoms with Crippen molar-refractivity contribution in [2.75, 3.05) is 13.1 Å². The van der Waals surface area contributed by atoms with Crippen LogP contribution in [0, 0.1) is 5.92 Å². The summed E-state index contributed by atoms with van der Waals surface area (Å²) in [4.78, 5) is 27.4. The minimum Gasteiger partial charge on any atom is -0.351 e. The maximum atomic E-state index is 13.5. The molecule has 0 saturated carbocycles. The van der Waals surface area contributed by atoms with Crippen molar-refractivity contribution in [3.8, 4) is 0 Å². The highest BCUT2D eigenvalue weighted by atomic mass is 16.2. The van der Waals surface area contributed by atoms with E-state index in [1.54, 1.807) is 0 Å². The maximum absolute atomic E-state index is 13.5. The van der Waals surface area contributed by atoms with E-state index in [2.05, 4.69) is 5.32 Å². The van der Waals surface area contributed by atoms with Gasteiger partial charge in [-0.2, -0.15) is 0 Å². The number of hydrogen-bond donors (Lipinski definition) is 1. The first-order valence-corrected chi connectivity index (χ1v) is 9.75. The molecule has 2 aromatic carbocycles. The first kappa shape index (κ1) is 19.2. The molecular weight excluding hydrogens is 336 g/mol. The number of carbonyl (C=O) groups is 2. The summed E-state index contributed by atoms with van der Waals surface area (Å²) in [7, 11) is 0. The summed E-state index contributed by atoms with van der Waals surface area (Å²) in [6.45, 7) is 5.10. The lowest BCUT2D eigenvalue weighted by Gasteiger charge is -2.36. The van der Waals surface area contributed by atoms with Crippen LogP contribution in [0.4, 0.5) is 0 Å². The molecule has 0 bridgehead atoms. The maximum Gasteiger partial charge on any atom is 0.234 e. The van der Waals surface area contributed by atoms with Crippen LogP contribution in [0.25, 0.3) is 0 Å². The molecular formula is C23H28N2O2. The van der Waals surface area contributed by atoms with Crippen LogP contribution in [0.1, 0.15) is 43.7 Å². The summed E-state index contributed by atoms with van der Waals surface area (Å²) in [6, 6.07) is 19.9. The zero-order valence-corrected chi connectivity index (χ0v) is 16.1. The van der Waals surface area contributed by atoms with Crippen LogP contribution in [0.5, 0.6) is 0 Å². The smallest absolute Gasteiger partial charge is 0.234 e. The third kappa shape index (κ3) is 4.76. The molecule has 1 atom stereocenters. The molecule has 0 radical (unpaired) electrons. The van der Waals surface area contributed by atoms with Crippen LogP contribution in [-0.2, 0) is 9.59 Å². The Morgan fingerprint density at radius 1 is 0.963 bits per heavy atom. The average molecular weight is 364 g/mol. The molecule has 3 rings (SSSR count). The van der Waals surface area contributed by atoms with E-state index in [1.165, 1.54) is 0 Å². The van der Waals surface area contributed by atoms with Gasteiger partial charge in [0.15, 0.2) is 0 Å². The van der Waals surface area contributed by atoms with Gasteiger partial charge in [-0.1, -0.05) is 74.5 Å². The molecule has 1 heterocycles. The SMILES string of the molecule is CC(C)C(=O)NC1CCCN(C(=O)C(c2ccccc2)c2ccccc2)C1. The molecule has 4 nitrogen and oxygen atoms in total. The zero-order chi connectivity index (χ0) is 19.2. The number of nitrogens with one attached hydrogen (secondary N) is 1. The molecule has 2 aromatic rings. The molecule has 1 aliphatic rings. The van der Waals surface area contributed by atoms with Crippen molar-refractivity contribution in [2.45, 2.75) is 38.6 Å². The quantitative estimate of drug-likeness (QED) is 0.882. The Bertz CT molecular complexity index is 719. The number of piperidine rings is 1. The summed E-state index contributed by atoms with van der Waals surface area (Å²) in [6.07, 6.45) is 1.83. The topological polar surface area (TPSA) is 49.4 Å². The standard InChI is InChI=1S/C23H28N2O2/c1-17(2)22(26)24-20-14-9-15-25(16-20)23(27)21(18-10-5-3-6-11-18)19-12-7-4-8-13-19/h3-8,10-13,17,20-21H,9,14-16H2,1-2H3,(H,24,26). The van der Waals surface area contributed by atoms with Gasteiger partial charge in [0, 0.05) is 25.0 Å². The fourth-order valence-electron chi connectivity index (χ4n) is 3.61. The van der Waals surface area contributed by atoms with Gasteiger partial charge in [-0.3, -0.25) is 9.59 Å². The Labute approximate surface area is 161 Å². The summed E-state index contributed by atoms with van der Waals surface area (Å²) < 4.78 is 0. The van der Waals surface area contributed by atoms with Gasteiger partial charge in [0.05, 0.1) is 5.92 Å². The van der Waals surface area contributed by atoms with Crippen molar-refractivity contribution >= 4 is 11.8 Å². The van der Waals surface area contributed by atoms with Gasteiger partial charge in [0.1, 0.15) is 0 Å². The number of rotatable bonds is 5. The van der Waals surface area contributed by atoms with Crippen LogP contribution < -0.4 is 5.32 Å². The van der Waals surface area contributed by atoms with Crippen LogP contribution in [0.15, 0.2) is 60.7 Å². The Morgan fingerprint density at radius 2 is 1.52 bits per heavy atom. The van der Waals surface area contributed by atoms with Crippen LogP contribution in [-0.4, -0.2) is 35.8 Å². The molecule has 0 aromatic heterocycles. The minimum absolute atomic E-state index is 0.0322. The van der Waals surface area contributed by atoms with Gasteiger partial charge >= 0.3 is 0 Å². The highest BCUT2D eigenvalue weighted by molar-refractivity contribution is 5.87. The van der Waals surface area contributed by atoms with Crippen molar-refractivity contribution in [2.24, 2.45) is 5.92 Å². The summed E-state index contributed by atoms with van der Waals surface area (Å²) >= 11 is 0. The van der Waals surface area contributed by atoms with E-state index in [0.717, 1.165) is 30.5 Å². The lowest BCUT2D eigenvalue weighted by Crippen LogP contribution is -2.51. The number of hydrogen-bond acceptors (Lipinski definition) is 2. The van der Waals surface area contributed by atoms with E-state index >= 15 is 0 Å². The highest BCUT2D eigenvalue weighted by Gasteiger charge is 2.31. The molecule has 1 unspecified atom stereocenters. The second kappa shape index (κ2) is 8.85. The molecule has 1 saturated heterocycles. The third-order valence-corrected chi connectivity index (χ3v) is 5.12. The van der Waals surface area contributed by atoms with Gasteiger partial charge in [-0.25, -0.2) is 0 Å². The molecule has 0 spiro atoms. The lowest BCUT2D eigenvalue weighted by molar-refractivity contribution is -0.134. The van der Waals surface area contributed by atoms with E-state index < -0.39 is 0 Å². The largest absolute Gasteiger partial charge is 0.351 e. The van der Waals surface area contributed by atoms with Crippen molar-refractivity contribution in [3.63, 3.8) is 0 Å². The summed E-state index contributed by atoms with van der Waals surface area (Å²) in [5.41, 5.74) is 2.00. The first-order chi connectivity index (χ1) is 13.1. The second-order valence-corrected chi connectivity index (χ2v) is 7.54. The van der Waals surface area contributed by atoms with Gasteiger partial charge in [0.2, 0.25) is 11.8 Å². The fourth-order valence-corrected chi connectivity index (χ4v) is 3.61. The van der Waals surface area contributed by atoms with E-state index in [4.69, 9.17) is 0 Å². The van der Waals surface area contributed by atoms with Crippen LogP contribution >= 0.6 is 0 Å². The molecule has 27 heavy (non-hydrogen) atoms. The van der Waals surface area contributed by atoms with Crippen LogP contribution in [0.2, 0.25) is 0 Å². The van der Waals surface area contributed by atoms with E-state index in [-0.39, 0.29) is 29.7 Å². The van der Waals surface area contributed by atoms with Crippen molar-refractivity contribution in [3.05, 3.63) is 71.8 Å². The summed E-state index contributed by atoms with van der Waals surface area (Å²) in [5, 5.41) is 3.09. The minimum atomic E-state index is -0.313. The van der Waals surface area contributed by atoms with Crippen molar-refractivity contribution < 1.29 is 9.59 Å². The highest BCUT2D eigenvalue weighted by Crippen LogP contribution is 2.28. The molecule has 1 fully saturated rings. The predicted octanol–water partition coefficient (Wildman–Crippen LogP) is 3.58. The molecule has 1 aliphatic heterocycles. The number of carbonyl (C=O) groups excluding carboxylic acids is 2. The number of amides is 2. The molecule has 2 amide bonds. The number of likely N-dealkylation sites (tertiary alicyclic amines) is 1.